The molecular weight excluding hydrogens is 314 g/mol. The second-order valence-corrected chi connectivity index (χ2v) is 9.62. The number of sulfonamides is 1. The average Bonchev–Trinajstić information content (AvgIpc) is 2.61. The summed E-state index contributed by atoms with van der Waals surface area (Å²) in [6, 6.07) is 4.01. The first-order valence-corrected chi connectivity index (χ1v) is 9.74. The van der Waals surface area contributed by atoms with Crippen molar-refractivity contribution in [2.75, 3.05) is 18.6 Å². The lowest BCUT2D eigenvalue weighted by Crippen LogP contribution is -2.44. The molecule has 0 amide bonds. The fourth-order valence-corrected chi connectivity index (χ4v) is 6.11. The molecular formula is C13H19NO5S2. The summed E-state index contributed by atoms with van der Waals surface area (Å²) in [4.78, 5) is 0.132. The van der Waals surface area contributed by atoms with Crippen LogP contribution >= 0.6 is 0 Å². The molecule has 2 atom stereocenters. The lowest BCUT2D eigenvalue weighted by atomic mass is 10.2. The van der Waals surface area contributed by atoms with Gasteiger partial charge in [0.05, 0.1) is 28.5 Å². The zero-order chi connectivity index (χ0) is 16.0. The Morgan fingerprint density at radius 2 is 1.86 bits per heavy atom. The lowest BCUT2D eigenvalue weighted by molar-refractivity contribution is 0.137. The molecule has 0 aromatic heterocycles. The van der Waals surface area contributed by atoms with E-state index in [2.05, 4.69) is 0 Å². The van der Waals surface area contributed by atoms with Gasteiger partial charge < -0.3 is 5.11 Å². The molecule has 21 heavy (non-hydrogen) atoms. The molecule has 8 heteroatoms. The zero-order valence-corrected chi connectivity index (χ0v) is 13.8. The van der Waals surface area contributed by atoms with Gasteiger partial charge in [0.15, 0.2) is 9.84 Å². The minimum atomic E-state index is -3.84. The Labute approximate surface area is 125 Å². The predicted octanol–water partition coefficient (Wildman–Crippen LogP) is 0.0818. The van der Waals surface area contributed by atoms with Gasteiger partial charge in [-0.15, -0.1) is 0 Å². The summed E-state index contributed by atoms with van der Waals surface area (Å²) in [6.45, 7) is 3.55. The van der Waals surface area contributed by atoms with E-state index in [1.54, 1.807) is 19.1 Å². The third-order valence-electron chi connectivity index (χ3n) is 3.75. The highest BCUT2D eigenvalue weighted by Gasteiger charge is 2.43. The topological polar surface area (TPSA) is 91.8 Å². The molecule has 0 aliphatic carbocycles. The van der Waals surface area contributed by atoms with E-state index in [0.29, 0.717) is 5.56 Å². The molecule has 0 radical (unpaired) electrons. The maximum absolute atomic E-state index is 12.6. The van der Waals surface area contributed by atoms with E-state index < -0.39 is 37.8 Å². The van der Waals surface area contributed by atoms with Crippen LogP contribution in [0.3, 0.4) is 0 Å². The van der Waals surface area contributed by atoms with Crippen molar-refractivity contribution >= 4 is 19.9 Å². The van der Waals surface area contributed by atoms with Crippen LogP contribution in [0.2, 0.25) is 0 Å². The molecule has 0 bridgehead atoms. The summed E-state index contributed by atoms with van der Waals surface area (Å²) < 4.78 is 49.3. The van der Waals surface area contributed by atoms with Crippen LogP contribution in [0.1, 0.15) is 11.1 Å². The van der Waals surface area contributed by atoms with Crippen molar-refractivity contribution in [1.29, 1.82) is 0 Å². The van der Waals surface area contributed by atoms with Crippen molar-refractivity contribution in [1.82, 2.24) is 4.31 Å². The minimum Gasteiger partial charge on any atom is -0.390 e. The average molecular weight is 333 g/mol. The Kier molecular flexibility index (Phi) is 4.18. The molecule has 2 rings (SSSR count). The number of benzene rings is 1. The SMILES string of the molecule is Cc1ccc(S(=O)(=O)N(C)[C@@H]2CS(=O)(=O)C[C@H]2O)c(C)c1. The van der Waals surface area contributed by atoms with Crippen LogP contribution in [0.5, 0.6) is 0 Å². The fourth-order valence-electron chi connectivity index (χ4n) is 2.58. The Morgan fingerprint density at radius 1 is 1.24 bits per heavy atom. The molecule has 0 unspecified atom stereocenters. The number of nitrogens with zero attached hydrogens (tertiary/aromatic N) is 1. The van der Waals surface area contributed by atoms with Crippen LogP contribution in [0, 0.1) is 13.8 Å². The number of rotatable bonds is 3. The van der Waals surface area contributed by atoms with E-state index in [9.17, 15) is 21.9 Å². The highest BCUT2D eigenvalue weighted by molar-refractivity contribution is 7.92. The van der Waals surface area contributed by atoms with Gasteiger partial charge in [-0.25, -0.2) is 16.8 Å². The van der Waals surface area contributed by atoms with Gasteiger partial charge in [-0.1, -0.05) is 17.7 Å². The largest absolute Gasteiger partial charge is 0.390 e. The molecule has 118 valence electrons. The summed E-state index contributed by atoms with van der Waals surface area (Å²) in [5.74, 6) is -0.751. The van der Waals surface area contributed by atoms with Crippen LogP contribution in [-0.4, -0.2) is 56.9 Å². The van der Waals surface area contributed by atoms with Gasteiger partial charge in [-0.05, 0) is 25.5 Å². The van der Waals surface area contributed by atoms with Crippen LogP contribution in [0.25, 0.3) is 0 Å². The Balaban J connectivity index is 2.40. The third-order valence-corrected chi connectivity index (χ3v) is 7.49. The summed E-state index contributed by atoms with van der Waals surface area (Å²) in [7, 11) is -5.94. The molecule has 1 aromatic carbocycles. The Hall–Kier alpha value is -0.960. The van der Waals surface area contributed by atoms with Gasteiger partial charge in [0.1, 0.15) is 0 Å². The second-order valence-electron chi connectivity index (χ2n) is 5.50. The van der Waals surface area contributed by atoms with Crippen molar-refractivity contribution in [2.24, 2.45) is 0 Å². The molecule has 1 N–H and O–H groups in total. The number of hydrogen-bond donors (Lipinski definition) is 1. The van der Waals surface area contributed by atoms with Crippen molar-refractivity contribution in [2.45, 2.75) is 30.9 Å². The highest BCUT2D eigenvalue weighted by Crippen LogP contribution is 2.26. The number of aliphatic hydroxyl groups excluding tert-OH is 1. The van der Waals surface area contributed by atoms with E-state index in [4.69, 9.17) is 0 Å². The number of likely N-dealkylation sites (N-methyl/N-ethyl adjacent to an activating group) is 1. The highest BCUT2D eigenvalue weighted by atomic mass is 32.2. The van der Waals surface area contributed by atoms with Gasteiger partial charge >= 0.3 is 0 Å². The van der Waals surface area contributed by atoms with Gasteiger partial charge in [0, 0.05) is 7.05 Å². The van der Waals surface area contributed by atoms with E-state index in [-0.39, 0.29) is 10.6 Å². The third kappa shape index (κ3) is 3.13. The Morgan fingerprint density at radius 3 is 2.33 bits per heavy atom. The maximum atomic E-state index is 12.6. The molecule has 1 aliphatic heterocycles. The standard InChI is InChI=1S/C13H19NO5S2/c1-9-4-5-13(10(2)6-9)21(18,19)14(3)11-7-20(16,17)8-12(11)15/h4-6,11-12,15H,7-8H2,1-3H3/t11-,12-/m1/s1. The molecule has 1 fully saturated rings. The van der Waals surface area contributed by atoms with Crippen molar-refractivity contribution in [3.05, 3.63) is 29.3 Å². The van der Waals surface area contributed by atoms with Crippen LogP contribution < -0.4 is 0 Å². The number of aryl methyl sites for hydroxylation is 2. The zero-order valence-electron chi connectivity index (χ0n) is 12.1. The quantitative estimate of drug-likeness (QED) is 0.846. The summed E-state index contributed by atoms with van der Waals surface area (Å²) in [5.41, 5.74) is 1.54. The molecule has 0 saturated carbocycles. The maximum Gasteiger partial charge on any atom is 0.243 e. The first-order valence-electron chi connectivity index (χ1n) is 6.48. The van der Waals surface area contributed by atoms with Crippen molar-refractivity contribution < 1.29 is 21.9 Å². The van der Waals surface area contributed by atoms with E-state index in [1.807, 2.05) is 6.92 Å². The predicted molar refractivity (Wildman–Crippen MR) is 79.3 cm³/mol. The van der Waals surface area contributed by atoms with Gasteiger partial charge in [0.25, 0.3) is 0 Å². The first-order chi connectivity index (χ1) is 9.54. The summed E-state index contributed by atoms with van der Waals surface area (Å²) in [5, 5.41) is 9.83. The lowest BCUT2D eigenvalue weighted by Gasteiger charge is -2.26. The summed E-state index contributed by atoms with van der Waals surface area (Å²) in [6.07, 6.45) is -1.19. The van der Waals surface area contributed by atoms with E-state index >= 15 is 0 Å². The van der Waals surface area contributed by atoms with Crippen LogP contribution in [0.4, 0.5) is 0 Å². The van der Waals surface area contributed by atoms with Gasteiger partial charge in [0.2, 0.25) is 10.0 Å². The van der Waals surface area contributed by atoms with Gasteiger partial charge in [-0.3, -0.25) is 0 Å². The Bertz CT molecular complexity index is 755. The second kappa shape index (κ2) is 5.35. The van der Waals surface area contributed by atoms with E-state index in [1.165, 1.54) is 13.1 Å². The smallest absolute Gasteiger partial charge is 0.243 e. The fraction of sp³-hybridized carbons (Fsp3) is 0.538. The van der Waals surface area contributed by atoms with Gasteiger partial charge in [-0.2, -0.15) is 4.31 Å². The number of aliphatic hydroxyl groups is 1. The molecule has 1 aromatic rings. The normalized spacial score (nSPS) is 25.4. The van der Waals surface area contributed by atoms with Crippen molar-refractivity contribution in [3.8, 4) is 0 Å². The molecule has 1 saturated heterocycles. The van der Waals surface area contributed by atoms with E-state index in [0.717, 1.165) is 9.87 Å². The molecule has 0 spiro atoms. The monoisotopic (exact) mass is 333 g/mol. The summed E-state index contributed by atoms with van der Waals surface area (Å²) >= 11 is 0. The number of hydrogen-bond acceptors (Lipinski definition) is 5. The molecule has 1 heterocycles. The molecule has 6 nitrogen and oxygen atoms in total. The number of sulfone groups is 1. The van der Waals surface area contributed by atoms with Crippen LogP contribution in [-0.2, 0) is 19.9 Å². The first kappa shape index (κ1) is 16.4. The minimum absolute atomic E-state index is 0.132. The van der Waals surface area contributed by atoms with Crippen LogP contribution in [0.15, 0.2) is 23.1 Å². The van der Waals surface area contributed by atoms with Crippen molar-refractivity contribution in [3.63, 3.8) is 0 Å². The molecule has 1 aliphatic rings.